The number of para-hydroxylation sites is 1. The summed E-state index contributed by atoms with van der Waals surface area (Å²) in [5.74, 6) is -0.777. The van der Waals surface area contributed by atoms with Gasteiger partial charge >= 0.3 is 6.09 Å². The molecule has 0 radical (unpaired) electrons. The number of carbonyl (C=O) groups is 3. The quantitative estimate of drug-likeness (QED) is 0.374. The van der Waals surface area contributed by atoms with E-state index in [0.29, 0.717) is 25.1 Å². The van der Waals surface area contributed by atoms with Crippen LogP contribution in [0.4, 0.5) is 10.5 Å². The van der Waals surface area contributed by atoms with E-state index >= 15 is 0 Å². The summed E-state index contributed by atoms with van der Waals surface area (Å²) in [7, 11) is 0. The van der Waals surface area contributed by atoms with Gasteiger partial charge in [0.05, 0.1) is 0 Å². The number of benzene rings is 2. The van der Waals surface area contributed by atoms with Gasteiger partial charge in [-0.1, -0.05) is 63.6 Å². The van der Waals surface area contributed by atoms with E-state index in [1.54, 1.807) is 25.7 Å². The van der Waals surface area contributed by atoms with Gasteiger partial charge in [0.25, 0.3) is 5.91 Å². The third-order valence-corrected chi connectivity index (χ3v) is 6.80. The lowest BCUT2D eigenvalue weighted by Gasteiger charge is -2.36. The Balaban J connectivity index is 2.59. The fourth-order valence-corrected chi connectivity index (χ4v) is 4.34. The number of nitrogens with one attached hydrogen (secondary N) is 2. The molecular weight excluding hydrogens is 478 g/mol. The molecule has 2 aromatic rings. The normalized spacial score (nSPS) is 13.7. The van der Waals surface area contributed by atoms with E-state index < -0.39 is 23.8 Å². The van der Waals surface area contributed by atoms with Crippen LogP contribution < -0.4 is 10.6 Å². The van der Waals surface area contributed by atoms with E-state index in [-0.39, 0.29) is 17.7 Å². The minimum atomic E-state index is -0.881. The predicted octanol–water partition coefficient (Wildman–Crippen LogP) is 6.47. The second-order valence-corrected chi connectivity index (χ2v) is 11.0. The highest BCUT2D eigenvalue weighted by Gasteiger charge is 2.38. The summed E-state index contributed by atoms with van der Waals surface area (Å²) in [6.45, 7) is 17.4. The molecule has 7 nitrogen and oxygen atoms in total. The first-order valence-electron chi connectivity index (χ1n) is 13.5. The molecule has 0 aromatic heterocycles. The highest BCUT2D eigenvalue weighted by Crippen LogP contribution is 2.30. The Hall–Kier alpha value is -3.35. The third-order valence-electron chi connectivity index (χ3n) is 6.80. The minimum absolute atomic E-state index is 0.173. The summed E-state index contributed by atoms with van der Waals surface area (Å²) in [5.41, 5.74) is 3.67. The number of alkyl carbamates (subject to hydrolysis) is 1. The van der Waals surface area contributed by atoms with Gasteiger partial charge in [-0.2, -0.15) is 0 Å². The zero-order valence-electron chi connectivity index (χ0n) is 24.5. The Morgan fingerprint density at radius 2 is 1.58 bits per heavy atom. The first-order chi connectivity index (χ1) is 17.8. The van der Waals surface area contributed by atoms with Crippen molar-refractivity contribution >= 4 is 23.6 Å². The van der Waals surface area contributed by atoms with E-state index in [1.165, 1.54) is 0 Å². The molecule has 3 amide bonds. The lowest BCUT2D eigenvalue weighted by molar-refractivity contribution is -0.142. The molecule has 3 atom stereocenters. The van der Waals surface area contributed by atoms with Gasteiger partial charge in [-0.05, 0) is 82.2 Å². The fourth-order valence-electron chi connectivity index (χ4n) is 4.34. The summed E-state index contributed by atoms with van der Waals surface area (Å²) >= 11 is 0. The van der Waals surface area contributed by atoms with Crippen LogP contribution in [0.25, 0.3) is 0 Å². The summed E-state index contributed by atoms with van der Waals surface area (Å²) in [4.78, 5) is 42.6. The van der Waals surface area contributed by atoms with Gasteiger partial charge in [-0.25, -0.2) is 4.79 Å². The topological polar surface area (TPSA) is 87.7 Å². The van der Waals surface area contributed by atoms with Gasteiger partial charge in [-0.15, -0.1) is 0 Å². The highest BCUT2D eigenvalue weighted by molar-refractivity contribution is 5.99. The molecule has 0 saturated heterocycles. The van der Waals surface area contributed by atoms with Crippen LogP contribution in [0.2, 0.25) is 0 Å². The number of hydrogen-bond donors (Lipinski definition) is 2. The van der Waals surface area contributed by atoms with Crippen LogP contribution >= 0.6 is 0 Å². The molecule has 0 heterocycles. The molecule has 0 saturated carbocycles. The third kappa shape index (κ3) is 8.07. The van der Waals surface area contributed by atoms with Crippen molar-refractivity contribution in [3.63, 3.8) is 0 Å². The van der Waals surface area contributed by atoms with E-state index in [9.17, 15) is 14.4 Å². The fraction of sp³-hybridized carbons (Fsp3) is 0.516. The average Bonchev–Trinajstić information content (AvgIpc) is 2.84. The van der Waals surface area contributed by atoms with Crippen molar-refractivity contribution < 1.29 is 19.1 Å². The SMILES string of the molecule is CCCN(C(=O)C(NC(=O)OC(C)(C)C)C(C)CC)C(C(=O)Nc1ccccc1C)c1cccc(C)c1C. The molecule has 0 fully saturated rings. The maximum Gasteiger partial charge on any atom is 0.408 e. The van der Waals surface area contributed by atoms with Crippen LogP contribution in [0.1, 0.15) is 82.7 Å². The molecule has 7 heteroatoms. The van der Waals surface area contributed by atoms with Crippen LogP contribution in [0, 0.1) is 26.7 Å². The summed E-state index contributed by atoms with van der Waals surface area (Å²) < 4.78 is 5.47. The first-order valence-corrected chi connectivity index (χ1v) is 13.5. The summed E-state index contributed by atoms with van der Waals surface area (Å²) in [6.07, 6.45) is 0.653. The molecular formula is C31H45N3O4. The van der Waals surface area contributed by atoms with Crippen LogP contribution in [-0.2, 0) is 14.3 Å². The summed E-state index contributed by atoms with van der Waals surface area (Å²) in [6, 6.07) is 11.6. The zero-order valence-corrected chi connectivity index (χ0v) is 24.5. The Kier molecular flexibility index (Phi) is 10.9. The van der Waals surface area contributed by atoms with Crippen LogP contribution in [0.15, 0.2) is 42.5 Å². The zero-order chi connectivity index (χ0) is 28.6. The maximum atomic E-state index is 14.2. The number of amides is 3. The van der Waals surface area contributed by atoms with Gasteiger partial charge in [-0.3, -0.25) is 9.59 Å². The number of aryl methyl sites for hydroxylation is 2. The van der Waals surface area contributed by atoms with Gasteiger partial charge in [0.2, 0.25) is 5.91 Å². The van der Waals surface area contributed by atoms with Gasteiger partial charge in [0.1, 0.15) is 17.7 Å². The van der Waals surface area contributed by atoms with Gasteiger partial charge in [0, 0.05) is 12.2 Å². The van der Waals surface area contributed by atoms with Gasteiger partial charge in [0.15, 0.2) is 0 Å². The largest absolute Gasteiger partial charge is 0.444 e. The molecule has 0 bridgehead atoms. The van der Waals surface area contributed by atoms with Crippen molar-refractivity contribution in [3.8, 4) is 0 Å². The van der Waals surface area contributed by atoms with Crippen molar-refractivity contribution in [2.24, 2.45) is 5.92 Å². The number of anilines is 1. The van der Waals surface area contributed by atoms with Crippen LogP contribution in [0.3, 0.4) is 0 Å². The molecule has 2 N–H and O–H groups in total. The molecule has 2 aromatic carbocycles. The Morgan fingerprint density at radius 3 is 2.16 bits per heavy atom. The first kappa shape index (κ1) is 30.9. The molecule has 208 valence electrons. The molecule has 0 aliphatic heterocycles. The molecule has 38 heavy (non-hydrogen) atoms. The highest BCUT2D eigenvalue weighted by atomic mass is 16.6. The minimum Gasteiger partial charge on any atom is -0.444 e. The molecule has 3 unspecified atom stereocenters. The van der Waals surface area contributed by atoms with E-state index in [4.69, 9.17) is 4.74 Å². The monoisotopic (exact) mass is 523 g/mol. The Bertz CT molecular complexity index is 1120. The van der Waals surface area contributed by atoms with Gasteiger partial charge < -0.3 is 20.3 Å². The smallest absolute Gasteiger partial charge is 0.408 e. The Morgan fingerprint density at radius 1 is 0.947 bits per heavy atom. The number of nitrogens with zero attached hydrogens (tertiary/aromatic N) is 1. The van der Waals surface area contributed by atoms with E-state index in [0.717, 1.165) is 22.3 Å². The average molecular weight is 524 g/mol. The van der Waals surface area contributed by atoms with E-state index in [2.05, 4.69) is 10.6 Å². The molecule has 0 spiro atoms. The molecule has 0 aliphatic carbocycles. The molecule has 2 rings (SSSR count). The van der Waals surface area contributed by atoms with Crippen molar-refractivity contribution in [3.05, 3.63) is 64.7 Å². The van der Waals surface area contributed by atoms with Crippen molar-refractivity contribution in [1.82, 2.24) is 10.2 Å². The predicted molar refractivity (Wildman–Crippen MR) is 153 cm³/mol. The lowest BCUT2D eigenvalue weighted by atomic mass is 9.92. The second kappa shape index (κ2) is 13.4. The van der Waals surface area contributed by atoms with Crippen LogP contribution in [0.5, 0.6) is 0 Å². The Labute approximate surface area is 228 Å². The van der Waals surface area contributed by atoms with Crippen LogP contribution in [-0.4, -0.2) is 41.0 Å². The second-order valence-electron chi connectivity index (χ2n) is 11.0. The number of rotatable bonds is 10. The van der Waals surface area contributed by atoms with Crippen molar-refractivity contribution in [1.29, 1.82) is 0 Å². The van der Waals surface area contributed by atoms with E-state index in [1.807, 2.05) is 84.0 Å². The summed E-state index contributed by atoms with van der Waals surface area (Å²) in [5, 5.41) is 5.87. The lowest BCUT2D eigenvalue weighted by Crippen LogP contribution is -2.55. The standard InChI is InChI=1S/C31H45N3O4/c1-10-19-34(29(36)26(20(3)11-2)33-30(37)38-31(7,8)9)27(24-17-14-16-21(4)23(24)6)28(35)32-25-18-13-12-15-22(25)5/h12-18,20,26-27H,10-11,19H2,1-9H3,(H,32,35)(H,33,37). The maximum absolute atomic E-state index is 14.2. The number of ether oxygens (including phenoxy) is 1. The molecule has 0 aliphatic rings. The van der Waals surface area contributed by atoms with Crippen molar-refractivity contribution in [2.75, 3.05) is 11.9 Å². The number of hydrogen-bond acceptors (Lipinski definition) is 4. The number of carbonyl (C=O) groups excluding carboxylic acids is 3. The van der Waals surface area contributed by atoms with Crippen molar-refractivity contribution in [2.45, 2.75) is 92.8 Å².